The van der Waals surface area contributed by atoms with Crippen LogP contribution in [0.2, 0.25) is 0 Å². The van der Waals surface area contributed by atoms with Crippen LogP contribution in [0.4, 0.5) is 5.69 Å². The SMILES string of the molecule is CO[N+](=O)c1ccc(C2NCCc3c2[nH]c2ccc(Br)cc32)cc1. The molecule has 2 aromatic carbocycles. The molecule has 1 aliphatic rings. The van der Waals surface area contributed by atoms with Gasteiger partial charge in [0, 0.05) is 39.7 Å². The third kappa shape index (κ3) is 2.52. The van der Waals surface area contributed by atoms with E-state index in [9.17, 15) is 4.91 Å². The predicted octanol–water partition coefficient (Wildman–Crippen LogP) is 4.14. The van der Waals surface area contributed by atoms with Crippen LogP contribution in [-0.2, 0) is 11.3 Å². The molecule has 1 unspecified atom stereocenters. The number of aromatic amines is 1. The van der Waals surface area contributed by atoms with Crippen molar-refractivity contribution in [3.63, 3.8) is 0 Å². The van der Waals surface area contributed by atoms with Crippen LogP contribution in [0.3, 0.4) is 0 Å². The van der Waals surface area contributed by atoms with Crippen molar-refractivity contribution in [2.45, 2.75) is 12.5 Å². The summed E-state index contributed by atoms with van der Waals surface area (Å²) >= 11 is 3.56. The minimum Gasteiger partial charge on any atom is -0.357 e. The zero-order chi connectivity index (χ0) is 16.7. The summed E-state index contributed by atoms with van der Waals surface area (Å²) < 4.78 is 1.09. The lowest BCUT2D eigenvalue weighted by atomic mass is 9.94. The van der Waals surface area contributed by atoms with Crippen molar-refractivity contribution in [3.8, 4) is 0 Å². The molecule has 0 saturated carbocycles. The minimum atomic E-state index is 0.0941. The molecule has 0 radical (unpaired) electrons. The topological polar surface area (TPSA) is 57.1 Å². The first kappa shape index (κ1) is 15.4. The van der Waals surface area contributed by atoms with Gasteiger partial charge in [0.2, 0.25) is 0 Å². The van der Waals surface area contributed by atoms with Gasteiger partial charge in [-0.25, -0.2) is 4.84 Å². The molecule has 6 heteroatoms. The number of rotatable bonds is 3. The molecule has 3 aromatic rings. The van der Waals surface area contributed by atoms with Gasteiger partial charge in [0.25, 0.3) is 4.92 Å². The van der Waals surface area contributed by atoms with E-state index in [1.807, 2.05) is 12.1 Å². The maximum atomic E-state index is 11.5. The molecule has 0 aliphatic carbocycles. The molecule has 24 heavy (non-hydrogen) atoms. The standard InChI is InChI=1S/C18H17BrN3O2/c1-24-22(23)13-5-2-11(3-6-13)17-18-14(8-9-20-17)15-10-12(19)4-7-16(15)21-18/h2-7,10,17,20-21H,8-9H2,1H3/q+1. The fourth-order valence-electron chi connectivity index (χ4n) is 3.38. The number of nitrogens with one attached hydrogen (secondary N) is 2. The number of hydrogen-bond donors (Lipinski definition) is 2. The lowest BCUT2D eigenvalue weighted by molar-refractivity contribution is -0.736. The van der Waals surface area contributed by atoms with Gasteiger partial charge in [-0.1, -0.05) is 28.1 Å². The van der Waals surface area contributed by atoms with Crippen molar-refractivity contribution in [1.29, 1.82) is 0 Å². The molecular weight excluding hydrogens is 370 g/mol. The Labute approximate surface area is 147 Å². The predicted molar refractivity (Wildman–Crippen MR) is 96.3 cm³/mol. The molecular formula is C18H17BrN3O2+. The Morgan fingerprint density at radius 2 is 2.00 bits per heavy atom. The molecule has 122 valence electrons. The average molecular weight is 387 g/mol. The van der Waals surface area contributed by atoms with E-state index in [1.54, 1.807) is 12.1 Å². The summed E-state index contributed by atoms with van der Waals surface area (Å²) in [5.41, 5.74) is 5.32. The first-order valence-corrected chi connectivity index (χ1v) is 8.61. The van der Waals surface area contributed by atoms with Crippen molar-refractivity contribution in [1.82, 2.24) is 10.3 Å². The maximum Gasteiger partial charge on any atom is 0.316 e. The fourth-order valence-corrected chi connectivity index (χ4v) is 3.74. The van der Waals surface area contributed by atoms with Crippen LogP contribution in [-0.4, -0.2) is 23.6 Å². The van der Waals surface area contributed by atoms with Crippen molar-refractivity contribution in [2.75, 3.05) is 13.7 Å². The van der Waals surface area contributed by atoms with Gasteiger partial charge in [-0.3, -0.25) is 0 Å². The molecule has 5 nitrogen and oxygen atoms in total. The van der Waals surface area contributed by atoms with Crippen LogP contribution in [0.1, 0.15) is 22.9 Å². The summed E-state index contributed by atoms with van der Waals surface area (Å²) in [6.07, 6.45) is 0.998. The Kier molecular flexibility index (Phi) is 3.86. The van der Waals surface area contributed by atoms with E-state index in [-0.39, 0.29) is 6.04 Å². The Morgan fingerprint density at radius 1 is 1.21 bits per heavy atom. The highest BCUT2D eigenvalue weighted by molar-refractivity contribution is 9.10. The molecule has 0 saturated heterocycles. The maximum absolute atomic E-state index is 11.5. The van der Waals surface area contributed by atoms with Crippen LogP contribution in [0.25, 0.3) is 10.9 Å². The van der Waals surface area contributed by atoms with Crippen molar-refractivity contribution in [3.05, 3.63) is 68.7 Å². The number of hydrogen-bond acceptors (Lipinski definition) is 3. The fraction of sp³-hybridized carbons (Fsp3) is 0.222. The molecule has 1 aliphatic heterocycles. The van der Waals surface area contributed by atoms with Gasteiger partial charge in [-0.05, 0) is 35.7 Å². The van der Waals surface area contributed by atoms with Gasteiger partial charge < -0.3 is 10.3 Å². The number of aromatic nitrogens is 1. The lowest BCUT2D eigenvalue weighted by Crippen LogP contribution is -2.30. The molecule has 2 N–H and O–H groups in total. The summed E-state index contributed by atoms with van der Waals surface area (Å²) in [5.74, 6) is 0. The molecule has 4 rings (SSSR count). The van der Waals surface area contributed by atoms with E-state index in [4.69, 9.17) is 0 Å². The van der Waals surface area contributed by atoms with E-state index in [0.29, 0.717) is 10.6 Å². The second kappa shape index (κ2) is 6.03. The van der Waals surface area contributed by atoms with E-state index in [2.05, 4.69) is 49.3 Å². The van der Waals surface area contributed by atoms with E-state index >= 15 is 0 Å². The van der Waals surface area contributed by atoms with Gasteiger partial charge in [-0.15, -0.1) is 0 Å². The van der Waals surface area contributed by atoms with Gasteiger partial charge in [0.05, 0.1) is 10.9 Å². The number of halogens is 1. The number of H-pyrrole nitrogens is 1. The summed E-state index contributed by atoms with van der Waals surface area (Å²) in [6, 6.07) is 13.9. The average Bonchev–Trinajstić information content (AvgIpc) is 2.99. The Hall–Kier alpha value is -2.18. The van der Waals surface area contributed by atoms with E-state index < -0.39 is 0 Å². The molecule has 1 aromatic heterocycles. The smallest absolute Gasteiger partial charge is 0.316 e. The third-order valence-electron chi connectivity index (χ3n) is 4.52. The van der Waals surface area contributed by atoms with Crippen molar-refractivity contribution < 1.29 is 9.76 Å². The molecule has 2 heterocycles. The van der Waals surface area contributed by atoms with Crippen molar-refractivity contribution in [2.24, 2.45) is 0 Å². The van der Waals surface area contributed by atoms with Gasteiger partial charge >= 0.3 is 5.69 Å². The highest BCUT2D eigenvalue weighted by Crippen LogP contribution is 2.35. The van der Waals surface area contributed by atoms with Crippen LogP contribution >= 0.6 is 15.9 Å². The summed E-state index contributed by atoms with van der Waals surface area (Å²) in [4.78, 5) is 20.3. The van der Waals surface area contributed by atoms with Gasteiger partial charge in [-0.2, -0.15) is 0 Å². The van der Waals surface area contributed by atoms with Gasteiger partial charge in [0.15, 0.2) is 7.11 Å². The first-order valence-electron chi connectivity index (χ1n) is 7.82. The highest BCUT2D eigenvalue weighted by Gasteiger charge is 2.26. The summed E-state index contributed by atoms with van der Waals surface area (Å²) in [5, 5.41) is 4.83. The van der Waals surface area contributed by atoms with Crippen molar-refractivity contribution >= 4 is 32.5 Å². The van der Waals surface area contributed by atoms with Crippen LogP contribution in [0.15, 0.2) is 46.9 Å². The largest absolute Gasteiger partial charge is 0.357 e. The van der Waals surface area contributed by atoms with Crippen LogP contribution in [0, 0.1) is 4.91 Å². The normalized spacial score (nSPS) is 16.8. The highest BCUT2D eigenvalue weighted by atomic mass is 79.9. The zero-order valence-electron chi connectivity index (χ0n) is 13.2. The number of fused-ring (bicyclic) bond motifs is 3. The molecule has 0 bridgehead atoms. The monoisotopic (exact) mass is 386 g/mol. The van der Waals surface area contributed by atoms with Crippen LogP contribution in [0.5, 0.6) is 0 Å². The summed E-state index contributed by atoms with van der Waals surface area (Å²) in [6.45, 7) is 0.921. The third-order valence-corrected chi connectivity index (χ3v) is 5.01. The first-order chi connectivity index (χ1) is 11.7. The Morgan fingerprint density at radius 3 is 2.75 bits per heavy atom. The van der Waals surface area contributed by atoms with Crippen LogP contribution < -0.4 is 5.32 Å². The lowest BCUT2D eigenvalue weighted by Gasteiger charge is -2.24. The Balaban J connectivity index is 1.76. The quantitative estimate of drug-likeness (QED) is 0.665. The van der Waals surface area contributed by atoms with Gasteiger partial charge in [0.1, 0.15) is 0 Å². The number of benzene rings is 2. The second-order valence-electron chi connectivity index (χ2n) is 5.88. The van der Waals surface area contributed by atoms with E-state index in [1.165, 1.54) is 23.8 Å². The summed E-state index contributed by atoms with van der Waals surface area (Å²) in [7, 11) is 1.36. The number of nitrogens with zero attached hydrogens (tertiary/aromatic N) is 1. The zero-order valence-corrected chi connectivity index (χ0v) is 14.8. The minimum absolute atomic E-state index is 0.0941. The Bertz CT molecular complexity index is 918. The second-order valence-corrected chi connectivity index (χ2v) is 6.79. The molecule has 1 atom stereocenters. The molecule has 0 spiro atoms. The van der Waals surface area contributed by atoms with E-state index in [0.717, 1.165) is 28.5 Å². The molecule has 0 amide bonds. The molecule has 0 fully saturated rings.